The van der Waals surface area contributed by atoms with E-state index >= 15 is 0 Å². The minimum Gasteiger partial charge on any atom is -0.493 e. The lowest BCUT2D eigenvalue weighted by atomic mass is 10.1. The van der Waals surface area contributed by atoms with E-state index in [-0.39, 0.29) is 18.5 Å². The van der Waals surface area contributed by atoms with Crippen LogP contribution in [0, 0.1) is 5.82 Å². The summed E-state index contributed by atoms with van der Waals surface area (Å²) in [5.74, 6) is 1.36. The van der Waals surface area contributed by atoms with Crippen LogP contribution in [0.3, 0.4) is 0 Å². The second kappa shape index (κ2) is 6.95. The van der Waals surface area contributed by atoms with Gasteiger partial charge in [0.25, 0.3) is 0 Å². The molecule has 0 aliphatic carbocycles. The van der Waals surface area contributed by atoms with Crippen molar-refractivity contribution >= 4 is 0 Å². The molecule has 4 nitrogen and oxygen atoms in total. The molecule has 0 radical (unpaired) electrons. The van der Waals surface area contributed by atoms with Crippen LogP contribution in [0.25, 0.3) is 0 Å². The number of hydrogen-bond donors (Lipinski definition) is 1. The summed E-state index contributed by atoms with van der Waals surface area (Å²) in [6.07, 6.45) is 0. The highest BCUT2D eigenvalue weighted by molar-refractivity contribution is 5.43. The first-order valence-electron chi connectivity index (χ1n) is 6.50. The van der Waals surface area contributed by atoms with Crippen LogP contribution in [0.1, 0.15) is 11.6 Å². The molecule has 0 saturated heterocycles. The first-order chi connectivity index (χ1) is 10.1. The van der Waals surface area contributed by atoms with Gasteiger partial charge in [0.05, 0.1) is 20.3 Å². The summed E-state index contributed by atoms with van der Waals surface area (Å²) in [5, 5.41) is 0. The highest BCUT2D eigenvalue weighted by atomic mass is 19.1. The molecule has 112 valence electrons. The van der Waals surface area contributed by atoms with Gasteiger partial charge < -0.3 is 19.9 Å². The fraction of sp³-hybridized carbons (Fsp3) is 0.250. The molecule has 0 amide bonds. The van der Waals surface area contributed by atoms with Crippen LogP contribution >= 0.6 is 0 Å². The summed E-state index contributed by atoms with van der Waals surface area (Å²) in [4.78, 5) is 0. The number of halogens is 1. The van der Waals surface area contributed by atoms with Gasteiger partial charge in [-0.15, -0.1) is 0 Å². The lowest BCUT2D eigenvalue weighted by Crippen LogP contribution is -2.19. The van der Waals surface area contributed by atoms with Crippen molar-refractivity contribution in [3.8, 4) is 17.2 Å². The van der Waals surface area contributed by atoms with Crippen LogP contribution in [0.2, 0.25) is 0 Å². The molecule has 2 aromatic carbocycles. The van der Waals surface area contributed by atoms with E-state index in [4.69, 9.17) is 19.9 Å². The summed E-state index contributed by atoms with van der Waals surface area (Å²) in [6.45, 7) is 0.235. The third-order valence-corrected chi connectivity index (χ3v) is 3.06. The van der Waals surface area contributed by atoms with E-state index in [0.29, 0.717) is 17.2 Å². The zero-order chi connectivity index (χ0) is 15.2. The van der Waals surface area contributed by atoms with E-state index in [0.717, 1.165) is 5.56 Å². The summed E-state index contributed by atoms with van der Waals surface area (Å²) in [7, 11) is 3.14. The fourth-order valence-electron chi connectivity index (χ4n) is 1.92. The SMILES string of the molecule is COc1ccc(C(N)COc2cccc(F)c2)cc1OC. The van der Waals surface area contributed by atoms with Gasteiger partial charge in [0.1, 0.15) is 18.2 Å². The maximum Gasteiger partial charge on any atom is 0.161 e. The molecule has 0 bridgehead atoms. The summed E-state index contributed by atoms with van der Waals surface area (Å²) in [6, 6.07) is 11.0. The van der Waals surface area contributed by atoms with E-state index in [2.05, 4.69) is 0 Å². The molecular weight excluding hydrogens is 273 g/mol. The van der Waals surface area contributed by atoms with Gasteiger partial charge in [-0.25, -0.2) is 4.39 Å². The number of nitrogens with two attached hydrogens (primary N) is 1. The van der Waals surface area contributed by atoms with Crippen molar-refractivity contribution < 1.29 is 18.6 Å². The summed E-state index contributed by atoms with van der Waals surface area (Å²) in [5.41, 5.74) is 6.93. The van der Waals surface area contributed by atoms with Crippen molar-refractivity contribution in [2.75, 3.05) is 20.8 Å². The second-order valence-electron chi connectivity index (χ2n) is 4.49. The highest BCUT2D eigenvalue weighted by Gasteiger charge is 2.11. The predicted molar refractivity (Wildman–Crippen MR) is 78.4 cm³/mol. The quantitative estimate of drug-likeness (QED) is 0.889. The minimum absolute atomic E-state index is 0.235. The van der Waals surface area contributed by atoms with Gasteiger partial charge in [-0.3, -0.25) is 0 Å². The zero-order valence-corrected chi connectivity index (χ0v) is 12.0. The Morgan fingerprint density at radius 1 is 1.05 bits per heavy atom. The number of benzene rings is 2. The van der Waals surface area contributed by atoms with Crippen molar-refractivity contribution in [1.82, 2.24) is 0 Å². The Bertz CT molecular complexity index is 604. The number of hydrogen-bond acceptors (Lipinski definition) is 4. The van der Waals surface area contributed by atoms with Gasteiger partial charge in [-0.1, -0.05) is 12.1 Å². The molecular formula is C16H18FNO3. The molecule has 2 N–H and O–H groups in total. The molecule has 5 heteroatoms. The van der Waals surface area contributed by atoms with Gasteiger partial charge in [0.15, 0.2) is 11.5 Å². The smallest absolute Gasteiger partial charge is 0.161 e. The van der Waals surface area contributed by atoms with Crippen molar-refractivity contribution in [2.45, 2.75) is 6.04 Å². The van der Waals surface area contributed by atoms with Crippen LogP contribution in [-0.4, -0.2) is 20.8 Å². The number of ether oxygens (including phenoxy) is 3. The van der Waals surface area contributed by atoms with Crippen molar-refractivity contribution in [1.29, 1.82) is 0 Å². The molecule has 2 aromatic rings. The van der Waals surface area contributed by atoms with E-state index in [1.807, 2.05) is 6.07 Å². The first kappa shape index (κ1) is 15.1. The van der Waals surface area contributed by atoms with Gasteiger partial charge in [-0.2, -0.15) is 0 Å². The molecule has 21 heavy (non-hydrogen) atoms. The maximum atomic E-state index is 13.1. The van der Waals surface area contributed by atoms with Crippen LogP contribution in [0.4, 0.5) is 4.39 Å². The molecule has 0 spiro atoms. The zero-order valence-electron chi connectivity index (χ0n) is 12.0. The van der Waals surface area contributed by atoms with Crippen LogP contribution in [0.5, 0.6) is 17.2 Å². The Morgan fingerprint density at radius 2 is 1.81 bits per heavy atom. The standard InChI is InChI=1S/C16H18FNO3/c1-19-15-7-6-11(8-16(15)20-2)14(18)10-21-13-5-3-4-12(17)9-13/h3-9,14H,10,18H2,1-2H3. The predicted octanol–water partition coefficient (Wildman–Crippen LogP) is 2.92. The number of rotatable bonds is 6. The fourth-order valence-corrected chi connectivity index (χ4v) is 1.92. The molecule has 0 aliphatic heterocycles. The molecule has 0 aromatic heterocycles. The van der Waals surface area contributed by atoms with Crippen molar-refractivity contribution in [3.63, 3.8) is 0 Å². The Balaban J connectivity index is 2.04. The van der Waals surface area contributed by atoms with Crippen molar-refractivity contribution in [2.24, 2.45) is 5.73 Å². The molecule has 2 rings (SSSR count). The monoisotopic (exact) mass is 291 g/mol. The second-order valence-corrected chi connectivity index (χ2v) is 4.49. The first-order valence-corrected chi connectivity index (χ1v) is 6.50. The Kier molecular flexibility index (Phi) is 5.00. The molecule has 0 aliphatic rings. The van der Waals surface area contributed by atoms with Crippen LogP contribution < -0.4 is 19.9 Å². The van der Waals surface area contributed by atoms with E-state index in [9.17, 15) is 4.39 Å². The molecule has 0 fully saturated rings. The molecule has 1 unspecified atom stereocenters. The summed E-state index contributed by atoms with van der Waals surface area (Å²) < 4.78 is 29.0. The average molecular weight is 291 g/mol. The molecule has 0 heterocycles. The van der Waals surface area contributed by atoms with Gasteiger partial charge >= 0.3 is 0 Å². The Hall–Kier alpha value is -2.27. The van der Waals surface area contributed by atoms with Gasteiger partial charge in [0.2, 0.25) is 0 Å². The highest BCUT2D eigenvalue weighted by Crippen LogP contribution is 2.29. The minimum atomic E-state index is -0.354. The summed E-state index contributed by atoms with van der Waals surface area (Å²) >= 11 is 0. The Labute approximate surface area is 123 Å². The van der Waals surface area contributed by atoms with E-state index in [1.54, 1.807) is 38.5 Å². The van der Waals surface area contributed by atoms with Crippen LogP contribution in [0.15, 0.2) is 42.5 Å². The maximum absolute atomic E-state index is 13.1. The van der Waals surface area contributed by atoms with Gasteiger partial charge in [0, 0.05) is 6.07 Å². The Morgan fingerprint density at radius 3 is 2.48 bits per heavy atom. The lowest BCUT2D eigenvalue weighted by molar-refractivity contribution is 0.288. The topological polar surface area (TPSA) is 53.7 Å². The van der Waals surface area contributed by atoms with Crippen molar-refractivity contribution in [3.05, 3.63) is 53.8 Å². The number of methoxy groups -OCH3 is 2. The van der Waals surface area contributed by atoms with E-state index in [1.165, 1.54) is 12.1 Å². The average Bonchev–Trinajstić information content (AvgIpc) is 2.52. The third kappa shape index (κ3) is 3.86. The molecule has 1 atom stereocenters. The molecule has 0 saturated carbocycles. The lowest BCUT2D eigenvalue weighted by Gasteiger charge is -2.16. The van der Waals surface area contributed by atoms with E-state index < -0.39 is 0 Å². The third-order valence-electron chi connectivity index (χ3n) is 3.06. The van der Waals surface area contributed by atoms with Crippen LogP contribution in [-0.2, 0) is 0 Å². The normalized spacial score (nSPS) is 11.8. The van der Waals surface area contributed by atoms with Gasteiger partial charge in [-0.05, 0) is 29.8 Å². The largest absolute Gasteiger partial charge is 0.493 e.